The second-order valence-corrected chi connectivity index (χ2v) is 4.99. The second-order valence-electron chi connectivity index (χ2n) is 4.99. The molecule has 0 radical (unpaired) electrons. The molecule has 0 aliphatic carbocycles. The fourth-order valence-electron chi connectivity index (χ4n) is 1.97. The fraction of sp³-hybridized carbons (Fsp3) is 0.294. The van der Waals surface area contributed by atoms with E-state index in [1.165, 1.54) is 11.8 Å². The van der Waals surface area contributed by atoms with Gasteiger partial charge in [-0.3, -0.25) is 4.79 Å². The van der Waals surface area contributed by atoms with Crippen LogP contribution in [0, 0.1) is 6.92 Å². The molecule has 0 aliphatic rings. The third-order valence-electron chi connectivity index (χ3n) is 3.46. The standard InChI is InChI=1S/C17H19NO2/c1-4-12(2)15-5-7-16(8-6-15)20-17-13(3)9-14(11-19)10-18-17/h5-12H,4H2,1-3H3. The summed E-state index contributed by atoms with van der Waals surface area (Å²) in [6, 6.07) is 9.84. The van der Waals surface area contributed by atoms with Crippen molar-refractivity contribution in [2.45, 2.75) is 33.1 Å². The first-order valence-corrected chi connectivity index (χ1v) is 6.83. The highest BCUT2D eigenvalue weighted by Crippen LogP contribution is 2.26. The molecule has 2 aromatic rings. The highest BCUT2D eigenvalue weighted by Gasteiger charge is 2.06. The summed E-state index contributed by atoms with van der Waals surface area (Å²) in [4.78, 5) is 14.8. The van der Waals surface area contributed by atoms with Gasteiger partial charge in [-0.25, -0.2) is 4.98 Å². The molecule has 0 bridgehead atoms. The molecule has 0 aliphatic heterocycles. The number of rotatable bonds is 5. The maximum Gasteiger partial charge on any atom is 0.222 e. The van der Waals surface area contributed by atoms with Crippen LogP contribution in [0.1, 0.15) is 47.7 Å². The van der Waals surface area contributed by atoms with Crippen molar-refractivity contribution in [1.82, 2.24) is 4.98 Å². The molecule has 1 aromatic heterocycles. The number of nitrogens with zero attached hydrogens (tertiary/aromatic N) is 1. The van der Waals surface area contributed by atoms with E-state index in [4.69, 9.17) is 4.74 Å². The Labute approximate surface area is 119 Å². The summed E-state index contributed by atoms with van der Waals surface area (Å²) in [5, 5.41) is 0. The van der Waals surface area contributed by atoms with Crippen LogP contribution >= 0.6 is 0 Å². The molecule has 0 fully saturated rings. The van der Waals surface area contributed by atoms with Crippen LogP contribution in [0.25, 0.3) is 0 Å². The first-order chi connectivity index (χ1) is 9.63. The minimum absolute atomic E-state index is 0.534. The van der Waals surface area contributed by atoms with Crippen LogP contribution in [0.4, 0.5) is 0 Å². The molecular formula is C17H19NO2. The van der Waals surface area contributed by atoms with E-state index in [9.17, 15) is 4.79 Å². The fourth-order valence-corrected chi connectivity index (χ4v) is 1.97. The number of hydrogen-bond acceptors (Lipinski definition) is 3. The lowest BCUT2D eigenvalue weighted by molar-refractivity contribution is 0.112. The minimum atomic E-state index is 0.534. The van der Waals surface area contributed by atoms with Crippen molar-refractivity contribution in [2.24, 2.45) is 0 Å². The molecule has 1 aromatic carbocycles. The molecule has 3 heteroatoms. The molecule has 1 unspecified atom stereocenters. The number of hydrogen-bond donors (Lipinski definition) is 0. The normalized spacial score (nSPS) is 11.9. The first-order valence-electron chi connectivity index (χ1n) is 6.83. The van der Waals surface area contributed by atoms with E-state index in [0.717, 1.165) is 24.0 Å². The Bertz CT molecular complexity index is 590. The Morgan fingerprint density at radius 1 is 1.30 bits per heavy atom. The number of carbonyl (C=O) groups excluding carboxylic acids is 1. The highest BCUT2D eigenvalue weighted by atomic mass is 16.5. The Kier molecular flexibility index (Phi) is 4.51. The van der Waals surface area contributed by atoms with Crippen molar-refractivity contribution in [1.29, 1.82) is 0 Å². The van der Waals surface area contributed by atoms with Gasteiger partial charge in [0.1, 0.15) is 5.75 Å². The van der Waals surface area contributed by atoms with E-state index >= 15 is 0 Å². The Morgan fingerprint density at radius 3 is 2.55 bits per heavy atom. The Morgan fingerprint density at radius 2 is 2.00 bits per heavy atom. The van der Waals surface area contributed by atoms with Gasteiger partial charge >= 0.3 is 0 Å². The molecule has 0 saturated heterocycles. The van der Waals surface area contributed by atoms with Crippen LogP contribution in [-0.4, -0.2) is 11.3 Å². The summed E-state index contributed by atoms with van der Waals surface area (Å²) in [6.07, 6.45) is 3.42. The zero-order valence-corrected chi connectivity index (χ0v) is 12.1. The Balaban J connectivity index is 2.16. The third kappa shape index (κ3) is 3.23. The van der Waals surface area contributed by atoms with Gasteiger partial charge in [0.25, 0.3) is 0 Å². The smallest absolute Gasteiger partial charge is 0.222 e. The van der Waals surface area contributed by atoms with Gasteiger partial charge in [0, 0.05) is 17.3 Å². The number of aryl methyl sites for hydroxylation is 1. The predicted octanol–water partition coefficient (Wildman–Crippen LogP) is 4.51. The Hall–Kier alpha value is -2.16. The molecular weight excluding hydrogens is 250 g/mol. The quantitative estimate of drug-likeness (QED) is 0.750. The van der Waals surface area contributed by atoms with Crippen molar-refractivity contribution in [2.75, 3.05) is 0 Å². The number of carbonyl (C=O) groups is 1. The number of aromatic nitrogens is 1. The van der Waals surface area contributed by atoms with E-state index in [1.807, 2.05) is 19.1 Å². The summed E-state index contributed by atoms with van der Waals surface area (Å²) >= 11 is 0. The van der Waals surface area contributed by atoms with Crippen molar-refractivity contribution < 1.29 is 9.53 Å². The number of benzene rings is 1. The van der Waals surface area contributed by atoms with Crippen LogP contribution < -0.4 is 4.74 Å². The molecule has 104 valence electrons. The molecule has 0 amide bonds. The molecule has 1 heterocycles. The van der Waals surface area contributed by atoms with Crippen LogP contribution in [0.2, 0.25) is 0 Å². The zero-order valence-electron chi connectivity index (χ0n) is 12.1. The van der Waals surface area contributed by atoms with Gasteiger partial charge in [-0.1, -0.05) is 26.0 Å². The lowest BCUT2D eigenvalue weighted by Gasteiger charge is -2.11. The van der Waals surface area contributed by atoms with Crippen LogP contribution in [0.5, 0.6) is 11.6 Å². The lowest BCUT2D eigenvalue weighted by Crippen LogP contribution is -1.94. The van der Waals surface area contributed by atoms with Gasteiger partial charge in [-0.05, 0) is 43.0 Å². The molecule has 0 spiro atoms. The van der Waals surface area contributed by atoms with Crippen molar-refractivity contribution >= 4 is 6.29 Å². The highest BCUT2D eigenvalue weighted by molar-refractivity contribution is 5.74. The topological polar surface area (TPSA) is 39.2 Å². The van der Waals surface area contributed by atoms with Gasteiger partial charge < -0.3 is 4.74 Å². The second kappa shape index (κ2) is 6.33. The van der Waals surface area contributed by atoms with Gasteiger partial charge in [0.2, 0.25) is 5.88 Å². The molecule has 20 heavy (non-hydrogen) atoms. The van der Waals surface area contributed by atoms with Gasteiger partial charge in [-0.15, -0.1) is 0 Å². The van der Waals surface area contributed by atoms with Crippen molar-refractivity contribution in [3.05, 3.63) is 53.2 Å². The molecule has 3 nitrogen and oxygen atoms in total. The van der Waals surface area contributed by atoms with E-state index in [-0.39, 0.29) is 0 Å². The number of pyridine rings is 1. The number of ether oxygens (including phenoxy) is 1. The van der Waals surface area contributed by atoms with E-state index in [1.54, 1.807) is 6.07 Å². The third-order valence-corrected chi connectivity index (χ3v) is 3.46. The summed E-state index contributed by atoms with van der Waals surface area (Å²) < 4.78 is 5.75. The number of aldehydes is 1. The van der Waals surface area contributed by atoms with Crippen LogP contribution in [0.3, 0.4) is 0 Å². The average molecular weight is 269 g/mol. The predicted molar refractivity (Wildman–Crippen MR) is 79.6 cm³/mol. The minimum Gasteiger partial charge on any atom is -0.439 e. The van der Waals surface area contributed by atoms with Crippen molar-refractivity contribution in [3.63, 3.8) is 0 Å². The lowest BCUT2D eigenvalue weighted by atomic mass is 9.99. The first kappa shape index (κ1) is 14.3. The zero-order chi connectivity index (χ0) is 14.5. The van der Waals surface area contributed by atoms with Crippen molar-refractivity contribution in [3.8, 4) is 11.6 Å². The molecule has 1 atom stereocenters. The monoisotopic (exact) mass is 269 g/mol. The molecule has 2 rings (SSSR count). The average Bonchev–Trinajstić information content (AvgIpc) is 2.49. The summed E-state index contributed by atoms with van der Waals surface area (Å²) in [7, 11) is 0. The SMILES string of the molecule is CCC(C)c1ccc(Oc2ncc(C=O)cc2C)cc1. The summed E-state index contributed by atoms with van der Waals surface area (Å²) in [6.45, 7) is 6.26. The maximum absolute atomic E-state index is 10.7. The molecule has 0 N–H and O–H groups in total. The van der Waals surface area contributed by atoms with Gasteiger partial charge in [-0.2, -0.15) is 0 Å². The van der Waals surface area contributed by atoms with Gasteiger partial charge in [0.05, 0.1) is 0 Å². The molecule has 0 saturated carbocycles. The largest absolute Gasteiger partial charge is 0.439 e. The van der Waals surface area contributed by atoms with E-state index in [0.29, 0.717) is 17.4 Å². The van der Waals surface area contributed by atoms with E-state index in [2.05, 4.69) is 31.0 Å². The van der Waals surface area contributed by atoms with E-state index < -0.39 is 0 Å². The van der Waals surface area contributed by atoms with Gasteiger partial charge in [0.15, 0.2) is 6.29 Å². The van der Waals surface area contributed by atoms with Crippen LogP contribution in [0.15, 0.2) is 36.5 Å². The maximum atomic E-state index is 10.7. The summed E-state index contributed by atoms with van der Waals surface area (Å²) in [5.41, 5.74) is 2.71. The van der Waals surface area contributed by atoms with Crippen LogP contribution in [-0.2, 0) is 0 Å². The summed E-state index contributed by atoms with van der Waals surface area (Å²) in [5.74, 6) is 1.84.